The molecule has 2 nitrogen and oxygen atoms in total. The van der Waals surface area contributed by atoms with Crippen molar-refractivity contribution in [1.82, 2.24) is 0 Å². The van der Waals surface area contributed by atoms with Crippen molar-refractivity contribution >= 4 is 5.69 Å². The zero-order valence-corrected chi connectivity index (χ0v) is 13.8. The predicted molar refractivity (Wildman–Crippen MR) is 89.9 cm³/mol. The van der Waals surface area contributed by atoms with Gasteiger partial charge in [-0.1, -0.05) is 32.9 Å². The number of benzene rings is 2. The summed E-state index contributed by atoms with van der Waals surface area (Å²) >= 11 is 0. The summed E-state index contributed by atoms with van der Waals surface area (Å²) in [7, 11) is 1.67. The summed E-state index contributed by atoms with van der Waals surface area (Å²) in [6.07, 6.45) is 0. The first-order valence-corrected chi connectivity index (χ1v) is 7.51. The van der Waals surface area contributed by atoms with E-state index in [1.54, 1.807) is 7.11 Å². The standard InChI is InChI=1S/C19H24FNO/c1-19(2,3)14-21(13-15-5-7-16(20)8-6-15)17-9-11-18(22-4)12-10-17/h5-12H,13-14H2,1-4H3. The second-order valence-corrected chi connectivity index (χ2v) is 6.74. The maximum Gasteiger partial charge on any atom is 0.123 e. The van der Waals surface area contributed by atoms with Crippen LogP contribution in [0.2, 0.25) is 0 Å². The third-order valence-corrected chi connectivity index (χ3v) is 3.39. The molecule has 0 bridgehead atoms. The Hall–Kier alpha value is -2.03. The number of anilines is 1. The molecule has 0 aliphatic heterocycles. The highest BCUT2D eigenvalue weighted by Crippen LogP contribution is 2.25. The molecule has 0 N–H and O–H groups in total. The van der Waals surface area contributed by atoms with Crippen LogP contribution in [0.4, 0.5) is 10.1 Å². The highest BCUT2D eigenvalue weighted by Gasteiger charge is 2.17. The Kier molecular flexibility index (Phi) is 5.07. The maximum atomic E-state index is 13.1. The van der Waals surface area contributed by atoms with E-state index < -0.39 is 0 Å². The van der Waals surface area contributed by atoms with Gasteiger partial charge in [-0.25, -0.2) is 4.39 Å². The molecule has 0 aromatic heterocycles. The predicted octanol–water partition coefficient (Wildman–Crippen LogP) is 4.89. The minimum Gasteiger partial charge on any atom is -0.497 e. The van der Waals surface area contributed by atoms with Gasteiger partial charge in [-0.15, -0.1) is 0 Å². The maximum absolute atomic E-state index is 13.1. The fourth-order valence-electron chi connectivity index (χ4n) is 2.41. The smallest absolute Gasteiger partial charge is 0.123 e. The second kappa shape index (κ2) is 6.82. The van der Waals surface area contributed by atoms with Crippen LogP contribution in [0.1, 0.15) is 26.3 Å². The van der Waals surface area contributed by atoms with Crippen LogP contribution in [-0.4, -0.2) is 13.7 Å². The van der Waals surface area contributed by atoms with E-state index in [9.17, 15) is 4.39 Å². The molecule has 0 spiro atoms. The van der Waals surface area contributed by atoms with E-state index in [0.717, 1.165) is 30.1 Å². The minimum atomic E-state index is -0.199. The lowest BCUT2D eigenvalue weighted by Gasteiger charge is -2.32. The highest BCUT2D eigenvalue weighted by atomic mass is 19.1. The number of nitrogens with zero attached hydrogens (tertiary/aromatic N) is 1. The van der Waals surface area contributed by atoms with Crippen molar-refractivity contribution < 1.29 is 9.13 Å². The van der Waals surface area contributed by atoms with Crippen LogP contribution < -0.4 is 9.64 Å². The van der Waals surface area contributed by atoms with Gasteiger partial charge in [0.05, 0.1) is 7.11 Å². The van der Waals surface area contributed by atoms with Crippen molar-refractivity contribution in [3.05, 3.63) is 59.9 Å². The van der Waals surface area contributed by atoms with Crippen LogP contribution in [0.3, 0.4) is 0 Å². The quantitative estimate of drug-likeness (QED) is 0.780. The van der Waals surface area contributed by atoms with Gasteiger partial charge in [-0.3, -0.25) is 0 Å². The number of halogens is 1. The van der Waals surface area contributed by atoms with Crippen molar-refractivity contribution in [2.24, 2.45) is 5.41 Å². The summed E-state index contributed by atoms with van der Waals surface area (Å²) in [5, 5.41) is 0. The van der Waals surface area contributed by atoms with Crippen LogP contribution in [-0.2, 0) is 6.54 Å². The molecule has 2 aromatic rings. The molecule has 0 aliphatic carbocycles. The van der Waals surface area contributed by atoms with E-state index in [-0.39, 0.29) is 11.2 Å². The van der Waals surface area contributed by atoms with Crippen molar-refractivity contribution in [1.29, 1.82) is 0 Å². The Morgan fingerprint density at radius 3 is 2.05 bits per heavy atom. The van der Waals surface area contributed by atoms with E-state index in [2.05, 4.69) is 37.8 Å². The molecule has 0 atom stereocenters. The molecule has 118 valence electrons. The number of methoxy groups -OCH3 is 1. The van der Waals surface area contributed by atoms with Crippen LogP contribution in [0.25, 0.3) is 0 Å². The van der Waals surface area contributed by atoms with Crippen LogP contribution in [0.5, 0.6) is 5.75 Å². The summed E-state index contributed by atoms with van der Waals surface area (Å²) in [5.41, 5.74) is 2.40. The number of hydrogen-bond donors (Lipinski definition) is 0. The van der Waals surface area contributed by atoms with E-state index >= 15 is 0 Å². The Labute approximate surface area is 132 Å². The molecule has 0 heterocycles. The lowest BCUT2D eigenvalue weighted by atomic mass is 9.95. The summed E-state index contributed by atoms with van der Waals surface area (Å²) in [5.74, 6) is 0.650. The fraction of sp³-hybridized carbons (Fsp3) is 0.368. The number of ether oxygens (including phenoxy) is 1. The third-order valence-electron chi connectivity index (χ3n) is 3.39. The first kappa shape index (κ1) is 16.3. The molecule has 0 saturated heterocycles. The molecule has 0 fully saturated rings. The van der Waals surface area contributed by atoms with E-state index in [1.165, 1.54) is 12.1 Å². The van der Waals surface area contributed by atoms with Crippen LogP contribution >= 0.6 is 0 Å². The Bertz CT molecular complexity index is 584. The van der Waals surface area contributed by atoms with Gasteiger partial charge in [-0.05, 0) is 47.4 Å². The normalized spacial score (nSPS) is 11.3. The van der Waals surface area contributed by atoms with Gasteiger partial charge in [0.15, 0.2) is 0 Å². The summed E-state index contributed by atoms with van der Waals surface area (Å²) < 4.78 is 18.3. The van der Waals surface area contributed by atoms with Gasteiger partial charge < -0.3 is 9.64 Å². The van der Waals surface area contributed by atoms with Gasteiger partial charge in [0.25, 0.3) is 0 Å². The fourth-order valence-corrected chi connectivity index (χ4v) is 2.41. The minimum absolute atomic E-state index is 0.167. The third kappa shape index (κ3) is 4.76. The number of hydrogen-bond acceptors (Lipinski definition) is 2. The topological polar surface area (TPSA) is 12.5 Å². The summed E-state index contributed by atoms with van der Waals surface area (Å²) in [6, 6.07) is 14.8. The van der Waals surface area contributed by atoms with Gasteiger partial charge >= 0.3 is 0 Å². The molecule has 0 radical (unpaired) electrons. The summed E-state index contributed by atoms with van der Waals surface area (Å²) in [6.45, 7) is 8.32. The van der Waals surface area contributed by atoms with Crippen LogP contribution in [0, 0.1) is 11.2 Å². The van der Waals surface area contributed by atoms with Gasteiger partial charge in [-0.2, -0.15) is 0 Å². The Morgan fingerprint density at radius 1 is 0.955 bits per heavy atom. The molecule has 3 heteroatoms. The average molecular weight is 301 g/mol. The monoisotopic (exact) mass is 301 g/mol. The average Bonchev–Trinajstić information content (AvgIpc) is 2.48. The van der Waals surface area contributed by atoms with E-state index in [1.807, 2.05) is 24.3 Å². The molecular formula is C19H24FNO. The first-order chi connectivity index (χ1) is 10.4. The zero-order chi connectivity index (χ0) is 16.2. The van der Waals surface area contributed by atoms with Crippen LogP contribution in [0.15, 0.2) is 48.5 Å². The van der Waals surface area contributed by atoms with Crippen molar-refractivity contribution in [2.75, 3.05) is 18.6 Å². The lowest BCUT2D eigenvalue weighted by Crippen LogP contribution is -2.32. The van der Waals surface area contributed by atoms with Gasteiger partial charge in [0.2, 0.25) is 0 Å². The first-order valence-electron chi connectivity index (χ1n) is 7.51. The Balaban J connectivity index is 2.23. The molecule has 0 aliphatic rings. The Morgan fingerprint density at radius 2 is 1.55 bits per heavy atom. The van der Waals surface area contributed by atoms with Crippen molar-refractivity contribution in [2.45, 2.75) is 27.3 Å². The molecule has 0 unspecified atom stereocenters. The van der Waals surface area contributed by atoms with Crippen molar-refractivity contribution in [3.63, 3.8) is 0 Å². The zero-order valence-electron chi connectivity index (χ0n) is 13.8. The molecule has 0 amide bonds. The molecule has 22 heavy (non-hydrogen) atoms. The second-order valence-electron chi connectivity index (χ2n) is 6.74. The lowest BCUT2D eigenvalue weighted by molar-refractivity contribution is 0.407. The van der Waals surface area contributed by atoms with Gasteiger partial charge in [0.1, 0.15) is 11.6 Å². The molecule has 2 rings (SSSR count). The van der Waals surface area contributed by atoms with Gasteiger partial charge in [0, 0.05) is 18.8 Å². The highest BCUT2D eigenvalue weighted by molar-refractivity contribution is 5.49. The molecule has 2 aromatic carbocycles. The molecular weight excluding hydrogens is 277 g/mol. The number of rotatable bonds is 5. The van der Waals surface area contributed by atoms with E-state index in [4.69, 9.17) is 4.74 Å². The van der Waals surface area contributed by atoms with E-state index in [0.29, 0.717) is 0 Å². The largest absolute Gasteiger partial charge is 0.497 e. The summed E-state index contributed by atoms with van der Waals surface area (Å²) in [4.78, 5) is 2.31. The molecule has 0 saturated carbocycles. The SMILES string of the molecule is COc1ccc(N(Cc2ccc(F)cc2)CC(C)(C)C)cc1. The van der Waals surface area contributed by atoms with Crippen molar-refractivity contribution in [3.8, 4) is 5.75 Å².